The molecule has 0 heterocycles. The molecular weight excluding hydrogens is 194 g/mol. The van der Waals surface area contributed by atoms with Gasteiger partial charge in [-0.05, 0) is 50.1 Å². The topological polar surface area (TPSA) is 12.0 Å². The van der Waals surface area contributed by atoms with Crippen LogP contribution in [0.5, 0.6) is 0 Å². The molecule has 16 heavy (non-hydrogen) atoms. The Bertz CT molecular complexity index is 191. The molecule has 0 radical (unpaired) electrons. The van der Waals surface area contributed by atoms with Crippen molar-refractivity contribution in [3.05, 3.63) is 0 Å². The molecule has 2 rings (SSSR count). The molecule has 0 spiro atoms. The quantitative estimate of drug-likeness (QED) is 0.766. The van der Waals surface area contributed by atoms with Gasteiger partial charge in [-0.25, -0.2) is 0 Å². The monoisotopic (exact) mass is 223 g/mol. The zero-order valence-corrected chi connectivity index (χ0v) is 11.2. The van der Waals surface area contributed by atoms with Gasteiger partial charge in [-0.3, -0.25) is 0 Å². The molecule has 2 aliphatic carbocycles. The van der Waals surface area contributed by atoms with Crippen molar-refractivity contribution in [1.29, 1.82) is 0 Å². The number of nitrogens with one attached hydrogen (secondary N) is 1. The van der Waals surface area contributed by atoms with E-state index in [4.69, 9.17) is 0 Å². The summed E-state index contributed by atoms with van der Waals surface area (Å²) in [6.07, 6.45) is 12.0. The van der Waals surface area contributed by atoms with Crippen molar-refractivity contribution < 1.29 is 0 Å². The van der Waals surface area contributed by atoms with E-state index in [0.717, 1.165) is 23.7 Å². The van der Waals surface area contributed by atoms with Gasteiger partial charge in [0.05, 0.1) is 0 Å². The molecule has 0 aliphatic heterocycles. The third-order valence-electron chi connectivity index (χ3n) is 5.03. The molecule has 3 atom stereocenters. The van der Waals surface area contributed by atoms with E-state index in [1.807, 2.05) is 0 Å². The van der Waals surface area contributed by atoms with Crippen molar-refractivity contribution >= 4 is 0 Å². The predicted molar refractivity (Wildman–Crippen MR) is 70.5 cm³/mol. The summed E-state index contributed by atoms with van der Waals surface area (Å²) in [6.45, 7) is 3.72. The van der Waals surface area contributed by atoms with Crippen LogP contribution in [0.1, 0.15) is 58.3 Å². The smallest absolute Gasteiger partial charge is 0.00208 e. The van der Waals surface area contributed by atoms with E-state index in [2.05, 4.69) is 19.3 Å². The summed E-state index contributed by atoms with van der Waals surface area (Å²) in [5.41, 5.74) is 0. The van der Waals surface area contributed by atoms with Crippen LogP contribution in [0.4, 0.5) is 0 Å². The van der Waals surface area contributed by atoms with Crippen LogP contribution < -0.4 is 5.32 Å². The lowest BCUT2D eigenvalue weighted by Gasteiger charge is -2.41. The first kappa shape index (κ1) is 12.4. The molecule has 3 unspecified atom stereocenters. The summed E-state index contributed by atoms with van der Waals surface area (Å²) in [5, 5.41) is 3.42. The summed E-state index contributed by atoms with van der Waals surface area (Å²) in [6, 6.07) is 0. The van der Waals surface area contributed by atoms with Crippen LogP contribution in [-0.4, -0.2) is 13.6 Å². The van der Waals surface area contributed by atoms with Crippen LogP contribution in [0.15, 0.2) is 0 Å². The second kappa shape index (κ2) is 6.05. The average Bonchev–Trinajstić information content (AvgIpc) is 2.33. The summed E-state index contributed by atoms with van der Waals surface area (Å²) in [4.78, 5) is 0. The Morgan fingerprint density at radius 3 is 2.44 bits per heavy atom. The second-order valence-corrected chi connectivity index (χ2v) is 6.30. The van der Waals surface area contributed by atoms with E-state index in [9.17, 15) is 0 Å². The van der Waals surface area contributed by atoms with Crippen molar-refractivity contribution in [3.8, 4) is 0 Å². The fraction of sp³-hybridized carbons (Fsp3) is 1.00. The van der Waals surface area contributed by atoms with Gasteiger partial charge in [0.25, 0.3) is 0 Å². The Balaban J connectivity index is 1.95. The number of hydrogen-bond acceptors (Lipinski definition) is 1. The van der Waals surface area contributed by atoms with Crippen LogP contribution in [0.25, 0.3) is 0 Å². The van der Waals surface area contributed by atoms with Crippen LogP contribution in [-0.2, 0) is 0 Å². The summed E-state index contributed by atoms with van der Waals surface area (Å²) in [7, 11) is 2.12. The zero-order valence-electron chi connectivity index (χ0n) is 11.2. The van der Waals surface area contributed by atoms with Crippen LogP contribution >= 0.6 is 0 Å². The maximum Gasteiger partial charge on any atom is -0.00208 e. The van der Waals surface area contributed by atoms with E-state index in [-0.39, 0.29) is 0 Å². The molecule has 1 nitrogen and oxygen atoms in total. The average molecular weight is 223 g/mol. The highest BCUT2D eigenvalue weighted by molar-refractivity contribution is 4.85. The van der Waals surface area contributed by atoms with Gasteiger partial charge in [0, 0.05) is 0 Å². The van der Waals surface area contributed by atoms with Gasteiger partial charge in [-0.15, -0.1) is 0 Å². The van der Waals surface area contributed by atoms with Gasteiger partial charge >= 0.3 is 0 Å². The Kier molecular flexibility index (Phi) is 4.69. The predicted octanol–water partition coefficient (Wildman–Crippen LogP) is 3.84. The minimum Gasteiger partial charge on any atom is -0.319 e. The van der Waals surface area contributed by atoms with Gasteiger partial charge < -0.3 is 5.32 Å². The molecule has 0 bridgehead atoms. The fourth-order valence-electron chi connectivity index (χ4n) is 4.14. The number of hydrogen-bond donors (Lipinski definition) is 1. The van der Waals surface area contributed by atoms with Gasteiger partial charge in [0.15, 0.2) is 0 Å². The van der Waals surface area contributed by atoms with Crippen molar-refractivity contribution in [3.63, 3.8) is 0 Å². The molecule has 1 N–H and O–H groups in total. The maximum absolute atomic E-state index is 3.42. The van der Waals surface area contributed by atoms with Gasteiger partial charge in [-0.1, -0.05) is 45.4 Å². The molecule has 1 heteroatoms. The van der Waals surface area contributed by atoms with Crippen molar-refractivity contribution in [1.82, 2.24) is 5.32 Å². The standard InChI is InChI=1S/C15H29N/c1-12-8-9-14(11-16-2)15(10-12)13-6-4-3-5-7-13/h12-16H,3-11H2,1-2H3. The first-order valence-electron chi connectivity index (χ1n) is 7.46. The van der Waals surface area contributed by atoms with Crippen molar-refractivity contribution in [2.45, 2.75) is 58.3 Å². The van der Waals surface area contributed by atoms with Gasteiger partial charge in [-0.2, -0.15) is 0 Å². The fourth-order valence-corrected chi connectivity index (χ4v) is 4.14. The minimum atomic E-state index is 0.976. The molecule has 0 amide bonds. The Labute approximate surface area is 101 Å². The van der Waals surface area contributed by atoms with Gasteiger partial charge in [0.1, 0.15) is 0 Å². The molecular formula is C15H29N. The third kappa shape index (κ3) is 3.00. The minimum absolute atomic E-state index is 0.976. The molecule has 0 aromatic heterocycles. The highest BCUT2D eigenvalue weighted by Crippen LogP contribution is 2.43. The molecule has 0 aromatic rings. The first-order chi connectivity index (χ1) is 7.81. The largest absolute Gasteiger partial charge is 0.319 e. The van der Waals surface area contributed by atoms with Crippen molar-refractivity contribution in [2.75, 3.05) is 13.6 Å². The molecule has 0 aromatic carbocycles. The molecule has 94 valence electrons. The lowest BCUT2D eigenvalue weighted by molar-refractivity contribution is 0.102. The van der Waals surface area contributed by atoms with E-state index >= 15 is 0 Å². The SMILES string of the molecule is CNCC1CCC(C)CC1C1CCCCC1. The highest BCUT2D eigenvalue weighted by Gasteiger charge is 2.34. The Morgan fingerprint density at radius 1 is 1.00 bits per heavy atom. The molecule has 2 saturated carbocycles. The summed E-state index contributed by atoms with van der Waals surface area (Å²) < 4.78 is 0. The maximum atomic E-state index is 3.42. The van der Waals surface area contributed by atoms with Crippen LogP contribution in [0, 0.1) is 23.7 Å². The lowest BCUT2D eigenvalue weighted by Crippen LogP contribution is -2.36. The third-order valence-corrected chi connectivity index (χ3v) is 5.03. The van der Waals surface area contributed by atoms with Crippen molar-refractivity contribution in [2.24, 2.45) is 23.7 Å². The summed E-state index contributed by atoms with van der Waals surface area (Å²) in [5.74, 6) is 4.07. The zero-order chi connectivity index (χ0) is 11.4. The normalized spacial score (nSPS) is 37.5. The van der Waals surface area contributed by atoms with E-state index in [1.165, 1.54) is 57.9 Å². The van der Waals surface area contributed by atoms with E-state index in [1.54, 1.807) is 0 Å². The Hall–Kier alpha value is -0.0400. The Morgan fingerprint density at radius 2 is 1.75 bits per heavy atom. The number of rotatable bonds is 3. The van der Waals surface area contributed by atoms with Crippen LogP contribution in [0.3, 0.4) is 0 Å². The highest BCUT2D eigenvalue weighted by atomic mass is 14.8. The molecule has 0 saturated heterocycles. The van der Waals surface area contributed by atoms with Crippen LogP contribution in [0.2, 0.25) is 0 Å². The van der Waals surface area contributed by atoms with Gasteiger partial charge in [0.2, 0.25) is 0 Å². The lowest BCUT2D eigenvalue weighted by atomic mass is 9.65. The van der Waals surface area contributed by atoms with E-state index in [0.29, 0.717) is 0 Å². The second-order valence-electron chi connectivity index (χ2n) is 6.30. The molecule has 2 fully saturated rings. The first-order valence-corrected chi connectivity index (χ1v) is 7.46. The molecule has 2 aliphatic rings. The summed E-state index contributed by atoms with van der Waals surface area (Å²) >= 11 is 0. The van der Waals surface area contributed by atoms with E-state index < -0.39 is 0 Å².